The molecular formula is C21H26FN3O3S. The number of carbonyl (C=O) groups is 1. The Morgan fingerprint density at radius 3 is 2.38 bits per heavy atom. The molecule has 1 amide bonds. The summed E-state index contributed by atoms with van der Waals surface area (Å²) in [5, 5.41) is 2.66. The van der Waals surface area contributed by atoms with Gasteiger partial charge in [-0.15, -0.1) is 0 Å². The monoisotopic (exact) mass is 419 g/mol. The Morgan fingerprint density at radius 2 is 1.76 bits per heavy atom. The largest absolute Gasteiger partial charge is 0.325 e. The Morgan fingerprint density at radius 1 is 1.07 bits per heavy atom. The summed E-state index contributed by atoms with van der Waals surface area (Å²) in [4.78, 5) is 14.4. The van der Waals surface area contributed by atoms with Gasteiger partial charge in [0.1, 0.15) is 5.82 Å². The van der Waals surface area contributed by atoms with Crippen molar-refractivity contribution in [3.8, 4) is 0 Å². The normalized spacial score (nSPS) is 15.9. The quantitative estimate of drug-likeness (QED) is 0.749. The van der Waals surface area contributed by atoms with Gasteiger partial charge < -0.3 is 5.32 Å². The maximum Gasteiger partial charge on any atom is 0.243 e. The lowest BCUT2D eigenvalue weighted by molar-refractivity contribution is -0.117. The number of carbonyl (C=O) groups excluding carboxylic acids is 1. The summed E-state index contributed by atoms with van der Waals surface area (Å²) in [6.07, 6.45) is 1.94. The van der Waals surface area contributed by atoms with E-state index in [9.17, 15) is 17.6 Å². The average molecular weight is 420 g/mol. The van der Waals surface area contributed by atoms with Gasteiger partial charge in [-0.05, 0) is 42.3 Å². The number of aryl methyl sites for hydroxylation is 1. The Bertz CT molecular complexity index is 940. The van der Waals surface area contributed by atoms with Gasteiger partial charge in [-0.2, -0.15) is 4.31 Å². The Kier molecular flexibility index (Phi) is 7.00. The fourth-order valence-corrected chi connectivity index (χ4v) is 4.79. The minimum atomic E-state index is -3.53. The number of benzene rings is 2. The molecule has 1 N–H and O–H groups in total. The van der Waals surface area contributed by atoms with Gasteiger partial charge in [-0.3, -0.25) is 9.69 Å². The van der Waals surface area contributed by atoms with Crippen LogP contribution in [0.5, 0.6) is 0 Å². The number of hydrogen-bond donors (Lipinski definition) is 1. The molecule has 1 fully saturated rings. The molecule has 0 aliphatic carbocycles. The zero-order valence-electron chi connectivity index (χ0n) is 16.5. The van der Waals surface area contributed by atoms with Crippen LogP contribution in [0.15, 0.2) is 53.4 Å². The second kappa shape index (κ2) is 9.47. The number of rotatable bonds is 7. The third-order valence-corrected chi connectivity index (χ3v) is 6.82. The van der Waals surface area contributed by atoms with Crippen molar-refractivity contribution in [2.45, 2.75) is 24.7 Å². The number of hydrogen-bond acceptors (Lipinski definition) is 4. The van der Waals surface area contributed by atoms with E-state index in [-0.39, 0.29) is 12.5 Å². The number of halogens is 1. The van der Waals surface area contributed by atoms with Gasteiger partial charge in [0.2, 0.25) is 15.9 Å². The van der Waals surface area contributed by atoms with Crippen molar-refractivity contribution in [3.63, 3.8) is 0 Å². The van der Waals surface area contributed by atoms with Gasteiger partial charge in [0.15, 0.2) is 0 Å². The summed E-state index contributed by atoms with van der Waals surface area (Å²) < 4.78 is 40.4. The molecule has 2 aromatic rings. The van der Waals surface area contributed by atoms with Crippen molar-refractivity contribution in [3.05, 3.63) is 59.9 Å². The lowest BCUT2D eigenvalue weighted by Gasteiger charge is -2.33. The maximum atomic E-state index is 13.2. The Balaban J connectivity index is 1.53. The second-order valence-electron chi connectivity index (χ2n) is 7.13. The molecule has 0 radical (unpaired) electrons. The summed E-state index contributed by atoms with van der Waals surface area (Å²) in [6.45, 7) is 3.80. The fourth-order valence-electron chi connectivity index (χ4n) is 3.36. The molecule has 0 atom stereocenters. The highest BCUT2D eigenvalue weighted by atomic mass is 32.2. The smallest absolute Gasteiger partial charge is 0.243 e. The van der Waals surface area contributed by atoms with Crippen LogP contribution in [0.2, 0.25) is 0 Å². The first-order valence-corrected chi connectivity index (χ1v) is 11.2. The summed E-state index contributed by atoms with van der Waals surface area (Å²) in [5.74, 6) is -0.664. The van der Waals surface area contributed by atoms with Crippen molar-refractivity contribution < 1.29 is 17.6 Å². The summed E-state index contributed by atoms with van der Waals surface area (Å²) in [6, 6.07) is 12.8. The summed E-state index contributed by atoms with van der Waals surface area (Å²) >= 11 is 0. The van der Waals surface area contributed by atoms with Crippen molar-refractivity contribution in [1.82, 2.24) is 9.21 Å². The van der Waals surface area contributed by atoms with Crippen LogP contribution in [0.1, 0.15) is 18.9 Å². The van der Waals surface area contributed by atoms with Gasteiger partial charge in [-0.25, -0.2) is 12.8 Å². The number of amides is 1. The molecule has 0 spiro atoms. The zero-order chi connectivity index (χ0) is 20.9. The highest BCUT2D eigenvalue weighted by Crippen LogP contribution is 2.19. The number of nitrogens with one attached hydrogen (secondary N) is 1. The van der Waals surface area contributed by atoms with Crippen molar-refractivity contribution in [2.75, 3.05) is 38.0 Å². The summed E-state index contributed by atoms with van der Waals surface area (Å²) in [5.41, 5.74) is 1.53. The van der Waals surface area contributed by atoms with E-state index in [0.29, 0.717) is 36.8 Å². The van der Waals surface area contributed by atoms with E-state index in [1.807, 2.05) is 17.0 Å². The molecule has 156 valence electrons. The highest BCUT2D eigenvalue weighted by molar-refractivity contribution is 7.89. The molecule has 0 bridgehead atoms. The van der Waals surface area contributed by atoms with E-state index >= 15 is 0 Å². The predicted octanol–water partition coefficient (Wildman–Crippen LogP) is 2.72. The van der Waals surface area contributed by atoms with Crippen LogP contribution in [0.3, 0.4) is 0 Å². The molecule has 1 aliphatic rings. The minimum absolute atomic E-state index is 0.135. The maximum absolute atomic E-state index is 13.2. The van der Waals surface area contributed by atoms with E-state index in [1.165, 1.54) is 22.5 Å². The van der Waals surface area contributed by atoms with Crippen molar-refractivity contribution >= 4 is 21.6 Å². The highest BCUT2D eigenvalue weighted by Gasteiger charge is 2.29. The molecule has 1 saturated heterocycles. The van der Waals surface area contributed by atoms with E-state index < -0.39 is 15.8 Å². The molecular weight excluding hydrogens is 393 g/mol. The molecule has 1 heterocycles. The van der Waals surface area contributed by atoms with Crippen LogP contribution in [0.4, 0.5) is 10.1 Å². The van der Waals surface area contributed by atoms with Crippen LogP contribution < -0.4 is 5.32 Å². The topological polar surface area (TPSA) is 69.7 Å². The van der Waals surface area contributed by atoms with E-state index in [1.54, 1.807) is 18.2 Å². The molecule has 0 unspecified atom stereocenters. The molecule has 6 nitrogen and oxygen atoms in total. The van der Waals surface area contributed by atoms with Crippen LogP contribution in [-0.4, -0.2) is 56.3 Å². The fraction of sp³-hybridized carbons (Fsp3) is 0.381. The zero-order valence-corrected chi connectivity index (χ0v) is 17.3. The lowest BCUT2D eigenvalue weighted by atomic mass is 10.1. The lowest BCUT2D eigenvalue weighted by Crippen LogP contribution is -2.50. The first-order chi connectivity index (χ1) is 13.9. The molecule has 29 heavy (non-hydrogen) atoms. The van der Waals surface area contributed by atoms with E-state index in [2.05, 4.69) is 12.2 Å². The first-order valence-electron chi connectivity index (χ1n) is 9.75. The van der Waals surface area contributed by atoms with E-state index in [0.717, 1.165) is 18.4 Å². The SMILES string of the molecule is CCCc1ccc(S(=O)(=O)N2CCN(CC(=O)Nc3cccc(F)c3)CC2)cc1. The van der Waals surface area contributed by atoms with Gasteiger partial charge in [0, 0.05) is 31.9 Å². The van der Waals surface area contributed by atoms with Gasteiger partial charge >= 0.3 is 0 Å². The first kappa shape index (κ1) is 21.4. The van der Waals surface area contributed by atoms with Crippen LogP contribution in [0, 0.1) is 5.82 Å². The number of anilines is 1. The minimum Gasteiger partial charge on any atom is -0.325 e. The predicted molar refractivity (Wildman–Crippen MR) is 111 cm³/mol. The van der Waals surface area contributed by atoms with Crippen LogP contribution >= 0.6 is 0 Å². The molecule has 0 aromatic heterocycles. The third kappa shape index (κ3) is 5.62. The van der Waals surface area contributed by atoms with Gasteiger partial charge in [0.25, 0.3) is 0 Å². The van der Waals surface area contributed by atoms with E-state index in [4.69, 9.17) is 0 Å². The van der Waals surface area contributed by atoms with Crippen molar-refractivity contribution in [1.29, 1.82) is 0 Å². The molecule has 1 aliphatic heterocycles. The number of sulfonamides is 1. The van der Waals surface area contributed by atoms with Crippen LogP contribution in [-0.2, 0) is 21.2 Å². The van der Waals surface area contributed by atoms with Crippen LogP contribution in [0.25, 0.3) is 0 Å². The molecule has 8 heteroatoms. The molecule has 0 saturated carbocycles. The molecule has 3 rings (SSSR count). The van der Waals surface area contributed by atoms with Crippen molar-refractivity contribution in [2.24, 2.45) is 0 Å². The van der Waals surface area contributed by atoms with Gasteiger partial charge in [-0.1, -0.05) is 31.5 Å². The number of piperazine rings is 1. The Labute approximate surface area is 171 Å². The number of nitrogens with zero attached hydrogens (tertiary/aromatic N) is 2. The Hall–Kier alpha value is -2.29. The molecule has 2 aromatic carbocycles. The van der Waals surface area contributed by atoms with Gasteiger partial charge in [0.05, 0.1) is 11.4 Å². The standard InChI is InChI=1S/C21H26FN3O3S/c1-2-4-17-7-9-20(10-8-17)29(27,28)25-13-11-24(12-14-25)16-21(26)23-19-6-3-5-18(22)15-19/h3,5-10,15H,2,4,11-14,16H2,1H3,(H,23,26). The third-order valence-electron chi connectivity index (χ3n) is 4.91. The summed E-state index contributed by atoms with van der Waals surface area (Å²) in [7, 11) is -3.53. The second-order valence-corrected chi connectivity index (χ2v) is 9.07. The average Bonchev–Trinajstić information content (AvgIpc) is 2.69.